The topological polar surface area (TPSA) is 55.1 Å². The number of hydrogen-bond acceptors (Lipinski definition) is 4. The summed E-state index contributed by atoms with van der Waals surface area (Å²) in [4.78, 5) is 8.82. The third-order valence-electron chi connectivity index (χ3n) is 3.21. The SMILES string of the molecule is C/C(=N\Nc1nc2ccccc2n1C)c1ncccc1Br. The van der Waals surface area contributed by atoms with E-state index in [1.54, 1.807) is 6.20 Å². The van der Waals surface area contributed by atoms with E-state index in [0.29, 0.717) is 5.95 Å². The Labute approximate surface area is 130 Å². The van der Waals surface area contributed by atoms with Gasteiger partial charge in [-0.25, -0.2) is 10.4 Å². The van der Waals surface area contributed by atoms with E-state index >= 15 is 0 Å². The number of para-hydroxylation sites is 2. The van der Waals surface area contributed by atoms with Gasteiger partial charge in [0.1, 0.15) is 5.69 Å². The van der Waals surface area contributed by atoms with E-state index in [-0.39, 0.29) is 0 Å². The molecule has 6 heteroatoms. The minimum atomic E-state index is 0.697. The molecule has 0 saturated carbocycles. The van der Waals surface area contributed by atoms with Crippen molar-refractivity contribution in [2.45, 2.75) is 6.92 Å². The molecule has 0 bridgehead atoms. The molecule has 0 aliphatic rings. The molecule has 3 aromatic rings. The molecule has 0 aliphatic carbocycles. The minimum absolute atomic E-state index is 0.697. The molecule has 0 radical (unpaired) electrons. The number of hydrazone groups is 1. The van der Waals surface area contributed by atoms with Gasteiger partial charge in [-0.05, 0) is 47.1 Å². The molecule has 0 spiro atoms. The van der Waals surface area contributed by atoms with Crippen LogP contribution in [0.2, 0.25) is 0 Å². The fourth-order valence-electron chi connectivity index (χ4n) is 2.08. The molecule has 0 amide bonds. The van der Waals surface area contributed by atoms with Crippen molar-refractivity contribution >= 4 is 38.6 Å². The lowest BCUT2D eigenvalue weighted by molar-refractivity contribution is 0.942. The van der Waals surface area contributed by atoms with E-state index in [1.807, 2.05) is 54.9 Å². The van der Waals surface area contributed by atoms with E-state index in [4.69, 9.17) is 0 Å². The van der Waals surface area contributed by atoms with Gasteiger partial charge in [0.2, 0.25) is 5.95 Å². The fourth-order valence-corrected chi connectivity index (χ4v) is 2.63. The van der Waals surface area contributed by atoms with Crippen LogP contribution in [0.5, 0.6) is 0 Å². The van der Waals surface area contributed by atoms with Gasteiger partial charge in [0.25, 0.3) is 0 Å². The van der Waals surface area contributed by atoms with Crippen LogP contribution in [-0.2, 0) is 7.05 Å². The standard InChI is InChI=1S/C15H14BrN5/c1-10(14-11(16)6-5-9-17-14)19-20-15-18-12-7-3-4-8-13(12)21(15)2/h3-9H,1-2H3,(H,18,20)/b19-10+. The van der Waals surface area contributed by atoms with Crippen LogP contribution < -0.4 is 5.43 Å². The largest absolute Gasteiger partial charge is 0.312 e. The third kappa shape index (κ3) is 2.67. The molecule has 2 heterocycles. The molecule has 0 unspecified atom stereocenters. The number of nitrogens with one attached hydrogen (secondary N) is 1. The Hall–Kier alpha value is -2.21. The van der Waals surface area contributed by atoms with Crippen LogP contribution >= 0.6 is 15.9 Å². The monoisotopic (exact) mass is 343 g/mol. The van der Waals surface area contributed by atoms with Crippen molar-refractivity contribution in [2.24, 2.45) is 12.1 Å². The molecule has 2 aromatic heterocycles. The Bertz CT molecular complexity index is 822. The zero-order chi connectivity index (χ0) is 14.8. The molecule has 0 atom stereocenters. The number of hydrogen-bond donors (Lipinski definition) is 1. The average molecular weight is 344 g/mol. The first kappa shape index (κ1) is 13.8. The molecule has 0 aliphatic heterocycles. The molecule has 21 heavy (non-hydrogen) atoms. The van der Waals surface area contributed by atoms with Gasteiger partial charge in [0.05, 0.1) is 16.7 Å². The smallest absolute Gasteiger partial charge is 0.224 e. The molecule has 3 rings (SSSR count). The van der Waals surface area contributed by atoms with Gasteiger partial charge in [0.15, 0.2) is 0 Å². The highest BCUT2D eigenvalue weighted by Crippen LogP contribution is 2.18. The Kier molecular flexibility index (Phi) is 3.70. The number of imidazole rings is 1. The molecule has 1 aromatic carbocycles. The van der Waals surface area contributed by atoms with E-state index in [0.717, 1.165) is 26.9 Å². The summed E-state index contributed by atoms with van der Waals surface area (Å²) in [6.07, 6.45) is 1.74. The average Bonchev–Trinajstić information content (AvgIpc) is 2.82. The highest BCUT2D eigenvalue weighted by molar-refractivity contribution is 9.10. The molecule has 106 valence electrons. The van der Waals surface area contributed by atoms with Crippen molar-refractivity contribution in [2.75, 3.05) is 5.43 Å². The minimum Gasteiger partial charge on any atom is -0.312 e. The van der Waals surface area contributed by atoms with Gasteiger partial charge in [0, 0.05) is 17.7 Å². The number of anilines is 1. The molecule has 1 N–H and O–H groups in total. The normalized spacial score (nSPS) is 11.9. The predicted molar refractivity (Wildman–Crippen MR) is 88.5 cm³/mol. The number of pyridine rings is 1. The first-order valence-electron chi connectivity index (χ1n) is 6.49. The van der Waals surface area contributed by atoms with Crippen molar-refractivity contribution in [3.63, 3.8) is 0 Å². The summed E-state index contributed by atoms with van der Waals surface area (Å²) in [5.41, 5.74) is 6.60. The number of benzene rings is 1. The Morgan fingerprint density at radius 2 is 2.05 bits per heavy atom. The van der Waals surface area contributed by atoms with Crippen molar-refractivity contribution in [3.05, 3.63) is 52.8 Å². The molecular weight excluding hydrogens is 330 g/mol. The van der Waals surface area contributed by atoms with E-state index in [2.05, 4.69) is 36.4 Å². The van der Waals surface area contributed by atoms with E-state index in [1.165, 1.54) is 0 Å². The summed E-state index contributed by atoms with van der Waals surface area (Å²) in [5, 5.41) is 4.37. The maximum Gasteiger partial charge on any atom is 0.224 e. The number of rotatable bonds is 3. The quantitative estimate of drug-likeness (QED) is 0.584. The van der Waals surface area contributed by atoms with Crippen LogP contribution in [0.3, 0.4) is 0 Å². The van der Waals surface area contributed by atoms with Crippen molar-refractivity contribution in [1.82, 2.24) is 14.5 Å². The maximum atomic E-state index is 4.51. The second-order valence-electron chi connectivity index (χ2n) is 4.63. The molecule has 0 fully saturated rings. The first-order chi connectivity index (χ1) is 10.2. The first-order valence-corrected chi connectivity index (χ1v) is 7.29. The van der Waals surface area contributed by atoms with Gasteiger partial charge >= 0.3 is 0 Å². The van der Waals surface area contributed by atoms with Crippen LogP contribution in [0.1, 0.15) is 12.6 Å². The number of aromatic nitrogens is 3. The van der Waals surface area contributed by atoms with Gasteiger partial charge in [-0.1, -0.05) is 12.1 Å². The summed E-state index contributed by atoms with van der Waals surface area (Å²) in [5.74, 6) is 0.697. The molecule has 5 nitrogen and oxygen atoms in total. The van der Waals surface area contributed by atoms with E-state index < -0.39 is 0 Å². The zero-order valence-electron chi connectivity index (χ0n) is 11.7. The lowest BCUT2D eigenvalue weighted by Gasteiger charge is -2.04. The van der Waals surface area contributed by atoms with Gasteiger partial charge in [-0.15, -0.1) is 0 Å². The summed E-state index contributed by atoms with van der Waals surface area (Å²) < 4.78 is 2.89. The Balaban J connectivity index is 1.91. The van der Waals surface area contributed by atoms with Crippen molar-refractivity contribution in [1.29, 1.82) is 0 Å². The summed E-state index contributed by atoms with van der Waals surface area (Å²) in [6.45, 7) is 1.91. The van der Waals surface area contributed by atoms with Gasteiger partial charge in [-0.2, -0.15) is 5.10 Å². The maximum absolute atomic E-state index is 4.51. The van der Waals surface area contributed by atoms with Crippen molar-refractivity contribution < 1.29 is 0 Å². The summed E-state index contributed by atoms with van der Waals surface area (Å²) in [7, 11) is 1.96. The van der Waals surface area contributed by atoms with Crippen LogP contribution in [0.4, 0.5) is 5.95 Å². The van der Waals surface area contributed by atoms with Crippen LogP contribution in [0, 0.1) is 0 Å². The zero-order valence-corrected chi connectivity index (χ0v) is 13.3. The third-order valence-corrected chi connectivity index (χ3v) is 3.85. The van der Waals surface area contributed by atoms with E-state index in [9.17, 15) is 0 Å². The highest BCUT2D eigenvalue weighted by Gasteiger charge is 2.07. The summed E-state index contributed by atoms with van der Waals surface area (Å²) in [6, 6.07) is 11.8. The Morgan fingerprint density at radius 1 is 1.24 bits per heavy atom. The second kappa shape index (κ2) is 5.65. The van der Waals surface area contributed by atoms with Crippen LogP contribution in [-0.4, -0.2) is 20.2 Å². The van der Waals surface area contributed by atoms with Crippen LogP contribution in [0.15, 0.2) is 52.2 Å². The highest BCUT2D eigenvalue weighted by atomic mass is 79.9. The lowest BCUT2D eigenvalue weighted by Crippen LogP contribution is -2.05. The van der Waals surface area contributed by atoms with Crippen LogP contribution in [0.25, 0.3) is 11.0 Å². The number of fused-ring (bicyclic) bond motifs is 1. The van der Waals surface area contributed by atoms with Gasteiger partial charge < -0.3 is 4.57 Å². The Morgan fingerprint density at radius 3 is 2.81 bits per heavy atom. The van der Waals surface area contributed by atoms with Gasteiger partial charge in [-0.3, -0.25) is 4.98 Å². The molecule has 0 saturated heterocycles. The van der Waals surface area contributed by atoms with Crippen molar-refractivity contribution in [3.8, 4) is 0 Å². The number of aryl methyl sites for hydroxylation is 1. The summed E-state index contributed by atoms with van der Waals surface area (Å²) >= 11 is 3.47. The number of nitrogens with zero attached hydrogens (tertiary/aromatic N) is 4. The predicted octanol–water partition coefficient (Wildman–Crippen LogP) is 3.57. The lowest BCUT2D eigenvalue weighted by atomic mass is 10.3. The fraction of sp³-hybridized carbons (Fsp3) is 0.133. The number of halogens is 1. The molecular formula is C15H14BrN5. The second-order valence-corrected chi connectivity index (χ2v) is 5.48.